The number of thiophene rings is 2. The van der Waals surface area contributed by atoms with Gasteiger partial charge < -0.3 is 25.4 Å². The summed E-state index contributed by atoms with van der Waals surface area (Å²) in [5, 5.41) is 24.9. The molecule has 2 aromatic heterocycles. The zero-order valence-electron chi connectivity index (χ0n) is 34.4. The molecule has 13 heteroatoms. The van der Waals surface area contributed by atoms with Crippen LogP contribution in [0.3, 0.4) is 0 Å². The second kappa shape index (κ2) is 16.3. The zero-order valence-corrected chi connectivity index (χ0v) is 36.0. The maximum Gasteiger partial charge on any atom is 0.336 e. The summed E-state index contributed by atoms with van der Waals surface area (Å²) in [6.45, 7) is 6.84. The smallest absolute Gasteiger partial charge is 0.336 e. The first-order valence-electron chi connectivity index (χ1n) is 20.2. The first-order valence-corrected chi connectivity index (χ1v) is 22.0. The Bertz CT molecular complexity index is 2690. The number of benzene rings is 2. The van der Waals surface area contributed by atoms with Crippen LogP contribution in [0, 0.1) is 23.2 Å². The van der Waals surface area contributed by atoms with Gasteiger partial charge in [-0.1, -0.05) is 24.3 Å². The molecule has 4 heterocycles. The molecule has 0 spiro atoms. The number of methoxy groups -OCH3 is 2. The van der Waals surface area contributed by atoms with E-state index in [1.165, 1.54) is 50.7 Å². The van der Waals surface area contributed by atoms with Gasteiger partial charge in [0.2, 0.25) is 0 Å². The number of fused-ring (bicyclic) bond motifs is 2. The molecule has 11 nitrogen and oxygen atoms in total. The molecule has 3 fully saturated rings. The van der Waals surface area contributed by atoms with E-state index < -0.39 is 23.8 Å². The minimum atomic E-state index is -0.521. The highest BCUT2D eigenvalue weighted by Crippen LogP contribution is 2.50. The lowest BCUT2D eigenvalue weighted by molar-refractivity contribution is -0.137. The van der Waals surface area contributed by atoms with E-state index in [-0.39, 0.29) is 29.4 Å². The minimum Gasteiger partial charge on any atom is -0.466 e. The highest BCUT2D eigenvalue weighted by molar-refractivity contribution is 7.18. The molecule has 2 aliphatic heterocycles. The van der Waals surface area contributed by atoms with Crippen molar-refractivity contribution in [3.63, 3.8) is 0 Å². The number of nitrogens with zero attached hydrogens (tertiary/aromatic N) is 1. The van der Waals surface area contributed by atoms with Crippen molar-refractivity contribution >= 4 is 72.3 Å². The van der Waals surface area contributed by atoms with E-state index in [4.69, 9.17) is 9.47 Å². The summed E-state index contributed by atoms with van der Waals surface area (Å²) in [4.78, 5) is 64.1. The van der Waals surface area contributed by atoms with Gasteiger partial charge in [-0.2, -0.15) is 5.26 Å². The largest absolute Gasteiger partial charge is 0.466 e. The number of esters is 2. The number of hydrogen-bond donors (Lipinski definition) is 3. The van der Waals surface area contributed by atoms with Crippen LogP contribution >= 0.6 is 22.7 Å². The molecule has 2 aromatic carbocycles. The lowest BCUT2D eigenvalue weighted by Crippen LogP contribution is -2.32. The Morgan fingerprint density at radius 2 is 1.15 bits per heavy atom. The number of ketones is 2. The molecule has 3 saturated carbocycles. The van der Waals surface area contributed by atoms with E-state index in [1.807, 2.05) is 54.9 Å². The van der Waals surface area contributed by atoms with E-state index in [9.17, 15) is 29.2 Å². The Morgan fingerprint density at radius 3 is 1.58 bits per heavy atom. The Labute approximate surface area is 356 Å². The predicted molar refractivity (Wildman–Crippen MR) is 231 cm³/mol. The van der Waals surface area contributed by atoms with E-state index in [1.54, 1.807) is 6.07 Å². The first-order chi connectivity index (χ1) is 28.9. The van der Waals surface area contributed by atoms with E-state index in [0.29, 0.717) is 39.3 Å². The molecule has 9 rings (SSSR count). The summed E-state index contributed by atoms with van der Waals surface area (Å²) in [7, 11) is 2.75. The van der Waals surface area contributed by atoms with Gasteiger partial charge in [-0.25, -0.2) is 9.59 Å². The number of Topliss-reactive ketones (excluding diaryl/α,β-unsaturated/α-hetero) is 2. The third kappa shape index (κ3) is 7.47. The van der Waals surface area contributed by atoms with E-state index in [2.05, 4.69) is 22.0 Å². The van der Waals surface area contributed by atoms with Gasteiger partial charge in [0.1, 0.15) is 6.07 Å². The fourth-order valence-electron chi connectivity index (χ4n) is 8.69. The summed E-state index contributed by atoms with van der Waals surface area (Å²) in [6.07, 6.45) is 6.09. The maximum absolute atomic E-state index is 13.0. The number of carbonyl (C=O) groups excluding carboxylic acids is 5. The summed E-state index contributed by atoms with van der Waals surface area (Å²) in [5.41, 5.74) is 8.45. The monoisotopic (exact) mass is 842 g/mol. The molecule has 4 aromatic rings. The fourth-order valence-corrected chi connectivity index (χ4v) is 10.9. The average Bonchev–Trinajstić information content (AvgIpc) is 4.15. The fraction of sp³-hybridized carbons (Fsp3) is 0.362. The highest BCUT2D eigenvalue weighted by Gasteiger charge is 2.44. The van der Waals surface area contributed by atoms with Gasteiger partial charge in [-0.05, 0) is 123 Å². The van der Waals surface area contributed by atoms with Crippen molar-refractivity contribution in [1.29, 1.82) is 5.26 Å². The van der Waals surface area contributed by atoms with Crippen molar-refractivity contribution in [3.05, 3.63) is 114 Å². The molecular weight excluding hydrogens is 797 g/mol. The van der Waals surface area contributed by atoms with Gasteiger partial charge in [-0.15, -0.1) is 22.7 Å². The van der Waals surface area contributed by atoms with Crippen LogP contribution in [0.15, 0.2) is 92.2 Å². The maximum atomic E-state index is 13.0. The van der Waals surface area contributed by atoms with Crippen molar-refractivity contribution < 1.29 is 33.4 Å². The van der Waals surface area contributed by atoms with Crippen molar-refractivity contribution in [1.82, 2.24) is 16.0 Å². The quantitative estimate of drug-likeness (QED) is 0.132. The van der Waals surface area contributed by atoms with Crippen LogP contribution in [0.5, 0.6) is 0 Å². The molecule has 2 unspecified atom stereocenters. The van der Waals surface area contributed by atoms with Gasteiger partial charge >= 0.3 is 11.9 Å². The van der Waals surface area contributed by atoms with Gasteiger partial charge in [0, 0.05) is 56.5 Å². The number of carbonyl (C=O) groups is 5. The van der Waals surface area contributed by atoms with Gasteiger partial charge in [0.25, 0.3) is 5.91 Å². The third-order valence-corrected chi connectivity index (χ3v) is 14.0. The van der Waals surface area contributed by atoms with Gasteiger partial charge in [-0.3, -0.25) is 14.4 Å². The van der Waals surface area contributed by atoms with Crippen LogP contribution in [0.1, 0.15) is 105 Å². The number of dihydropyridines is 2. The van der Waals surface area contributed by atoms with Crippen LogP contribution in [-0.4, -0.2) is 49.7 Å². The number of rotatable bonds is 10. The minimum absolute atomic E-state index is 0.0715. The van der Waals surface area contributed by atoms with Crippen molar-refractivity contribution in [2.24, 2.45) is 11.8 Å². The number of nitrogens with one attached hydrogen (secondary N) is 3. The third-order valence-electron chi connectivity index (χ3n) is 11.9. The summed E-state index contributed by atoms with van der Waals surface area (Å²) < 4.78 is 12.1. The number of amides is 1. The van der Waals surface area contributed by atoms with Crippen molar-refractivity contribution in [2.45, 2.75) is 84.1 Å². The standard InChI is InChI=1S/C25H26N2O4S.C22H20N2O3S/c1-12-19(13(2)28)20(21(25(30)31-3)22(26-12)14-7-8-14)18-11-32-23-16(18)5-4-6-17(23)24(29)27-15-9-10-15;1-11-17(12(2)25)18(19(22(26)27-3)20(24-11)13-7-8-13)16-10-28-21-14(9-23)5-4-6-15(16)21/h4-6,11,14-15,20,26H,7-10H2,1-3H3,(H,27,29);4-6,10,13,18,24H,7-8H2,1-3H3. The van der Waals surface area contributed by atoms with Crippen LogP contribution in [0.25, 0.3) is 20.2 Å². The van der Waals surface area contributed by atoms with Crippen LogP contribution < -0.4 is 16.0 Å². The average molecular weight is 843 g/mol. The number of nitriles is 1. The molecule has 2 atom stereocenters. The molecule has 0 bridgehead atoms. The Kier molecular flexibility index (Phi) is 11.1. The highest BCUT2D eigenvalue weighted by atomic mass is 32.1. The lowest BCUT2D eigenvalue weighted by atomic mass is 9.78. The Hall–Kier alpha value is -5.84. The molecule has 308 valence electrons. The summed E-state index contributed by atoms with van der Waals surface area (Å²) in [5.74, 6) is -1.52. The van der Waals surface area contributed by atoms with E-state index >= 15 is 0 Å². The van der Waals surface area contributed by atoms with Crippen LogP contribution in [0.2, 0.25) is 0 Å². The van der Waals surface area contributed by atoms with Gasteiger partial charge in [0.05, 0.1) is 41.2 Å². The second-order valence-electron chi connectivity index (χ2n) is 16.1. The second-order valence-corrected chi connectivity index (χ2v) is 17.9. The molecule has 3 N–H and O–H groups in total. The molecule has 3 aliphatic carbocycles. The Balaban J connectivity index is 0.000000168. The van der Waals surface area contributed by atoms with Crippen molar-refractivity contribution in [3.8, 4) is 6.07 Å². The van der Waals surface area contributed by atoms with Crippen LogP contribution in [0.4, 0.5) is 0 Å². The molecule has 1 amide bonds. The predicted octanol–water partition coefficient (Wildman–Crippen LogP) is 8.34. The molecule has 0 radical (unpaired) electrons. The zero-order chi connectivity index (χ0) is 42.6. The van der Waals surface area contributed by atoms with E-state index in [0.717, 1.165) is 92.6 Å². The number of ether oxygens (including phenoxy) is 2. The van der Waals surface area contributed by atoms with Gasteiger partial charge in [0.15, 0.2) is 11.6 Å². The summed E-state index contributed by atoms with van der Waals surface area (Å²) in [6, 6.07) is 13.7. The summed E-state index contributed by atoms with van der Waals surface area (Å²) >= 11 is 2.95. The number of allylic oxidation sites excluding steroid dienone is 6. The molecule has 0 saturated heterocycles. The molecule has 60 heavy (non-hydrogen) atoms. The SMILES string of the molecule is COC(=O)C1=C(C2CC2)NC(C)=C(C(C)=O)C1c1csc2c(C#N)cccc12.COC(=O)C1=C(C2CC2)NC(C)=C(C(C)=O)C1c1csc2c(C(=O)NC3CC3)cccc12. The lowest BCUT2D eigenvalue weighted by Gasteiger charge is -2.31. The Morgan fingerprint density at radius 1 is 0.683 bits per heavy atom. The van der Waals surface area contributed by atoms with Crippen LogP contribution in [-0.2, 0) is 28.7 Å². The first kappa shape index (κ1) is 40.9. The molecular formula is C47H46N4O7S2. The normalized spacial score (nSPS) is 20.2. The topological polar surface area (TPSA) is 164 Å². The van der Waals surface area contributed by atoms with Crippen molar-refractivity contribution in [2.75, 3.05) is 14.2 Å². The molecule has 5 aliphatic rings. The number of hydrogen-bond acceptors (Lipinski definition) is 12.